The molecule has 0 radical (unpaired) electrons. The van der Waals surface area contributed by atoms with Gasteiger partial charge in [0.1, 0.15) is 10.7 Å². The Kier molecular flexibility index (Phi) is 4.27. The lowest BCUT2D eigenvalue weighted by molar-refractivity contribution is -0.286. The Balaban J connectivity index is 1.57. The Bertz CT molecular complexity index is 1040. The summed E-state index contributed by atoms with van der Waals surface area (Å²) >= 11 is 4.32. The second kappa shape index (κ2) is 6.50. The molecule has 3 heterocycles. The highest BCUT2D eigenvalue weighted by molar-refractivity contribution is 9.10. The molecule has 0 spiro atoms. The third kappa shape index (κ3) is 3.47. The molecule has 3 aromatic rings. The Morgan fingerprint density at radius 1 is 1.26 bits per heavy atom. The van der Waals surface area contributed by atoms with Crippen molar-refractivity contribution in [1.82, 2.24) is 14.6 Å². The molecule has 4 rings (SSSR count). The summed E-state index contributed by atoms with van der Waals surface area (Å²) in [7, 11) is 0. The zero-order valence-corrected chi connectivity index (χ0v) is 15.9. The minimum Gasteiger partial charge on any atom is -0.395 e. The minimum atomic E-state index is -3.68. The van der Waals surface area contributed by atoms with E-state index in [0.717, 1.165) is 11.5 Å². The summed E-state index contributed by atoms with van der Waals surface area (Å²) in [6.07, 6.45) is -2.18. The summed E-state index contributed by atoms with van der Waals surface area (Å²) in [5.41, 5.74) is 1.76. The maximum absolute atomic E-state index is 13.2. The SMILES string of the molecule is Cc1nnsc1C(=O)Nc1ccc(-c2cc3c(cc2Br)OC(F)(F)O3)cn1. The number of halogens is 3. The van der Waals surface area contributed by atoms with Gasteiger partial charge in [0.05, 0.1) is 5.69 Å². The molecule has 0 bridgehead atoms. The average molecular weight is 455 g/mol. The predicted molar refractivity (Wildman–Crippen MR) is 96.2 cm³/mol. The summed E-state index contributed by atoms with van der Waals surface area (Å²) < 4.78 is 39.5. The van der Waals surface area contributed by atoms with Gasteiger partial charge in [0.25, 0.3) is 5.91 Å². The predicted octanol–water partition coefficient (Wildman–Crippen LogP) is 4.24. The lowest BCUT2D eigenvalue weighted by atomic mass is 10.1. The molecule has 2 aromatic heterocycles. The molecule has 1 amide bonds. The smallest absolute Gasteiger partial charge is 0.395 e. The standard InChI is InChI=1S/C16H9BrF2N4O3S/c1-7-14(27-23-22-7)15(24)21-13-3-2-8(6-20-13)9-4-11-12(5-10(9)17)26-16(18,19)25-11/h2-6H,1H3,(H,20,21,24). The van der Waals surface area contributed by atoms with Gasteiger partial charge in [0, 0.05) is 21.8 Å². The lowest BCUT2D eigenvalue weighted by Gasteiger charge is -2.08. The summed E-state index contributed by atoms with van der Waals surface area (Å²) in [5.74, 6) is -0.140. The summed E-state index contributed by atoms with van der Waals surface area (Å²) in [6, 6.07) is 6.13. The fourth-order valence-electron chi connectivity index (χ4n) is 2.43. The number of aromatic nitrogens is 3. The van der Waals surface area contributed by atoms with Crippen molar-refractivity contribution < 1.29 is 23.0 Å². The molecule has 1 aliphatic heterocycles. The van der Waals surface area contributed by atoms with Crippen LogP contribution in [0, 0.1) is 6.92 Å². The molecule has 11 heteroatoms. The highest BCUT2D eigenvalue weighted by atomic mass is 79.9. The van der Waals surface area contributed by atoms with Gasteiger partial charge in [-0.2, -0.15) is 0 Å². The van der Waals surface area contributed by atoms with E-state index in [-0.39, 0.29) is 17.4 Å². The van der Waals surface area contributed by atoms with Crippen LogP contribution in [0.3, 0.4) is 0 Å². The van der Waals surface area contributed by atoms with Crippen molar-refractivity contribution in [1.29, 1.82) is 0 Å². The molecule has 27 heavy (non-hydrogen) atoms. The fraction of sp³-hybridized carbons (Fsp3) is 0.125. The van der Waals surface area contributed by atoms with E-state index in [4.69, 9.17) is 0 Å². The fourth-order valence-corrected chi connectivity index (χ4v) is 3.54. The average Bonchev–Trinajstić information content (AvgIpc) is 3.16. The highest BCUT2D eigenvalue weighted by Gasteiger charge is 2.43. The molecule has 138 valence electrons. The van der Waals surface area contributed by atoms with Gasteiger partial charge in [0.2, 0.25) is 0 Å². The van der Waals surface area contributed by atoms with Gasteiger partial charge in [0.15, 0.2) is 11.5 Å². The Labute approximate surface area is 163 Å². The Hall–Kier alpha value is -2.66. The van der Waals surface area contributed by atoms with Gasteiger partial charge in [-0.05, 0) is 42.7 Å². The number of hydrogen-bond acceptors (Lipinski definition) is 7. The van der Waals surface area contributed by atoms with E-state index in [2.05, 4.69) is 45.3 Å². The van der Waals surface area contributed by atoms with Crippen molar-refractivity contribution in [3.8, 4) is 22.6 Å². The molecule has 1 N–H and O–H groups in total. The first-order valence-corrected chi connectivity index (χ1v) is 9.05. The number of ether oxygens (including phenoxy) is 2. The molecular formula is C16H9BrF2N4O3S. The second-order valence-corrected chi connectivity index (χ2v) is 7.13. The highest BCUT2D eigenvalue weighted by Crippen LogP contribution is 2.46. The number of nitrogens with one attached hydrogen (secondary N) is 1. The number of benzene rings is 1. The van der Waals surface area contributed by atoms with Gasteiger partial charge >= 0.3 is 6.29 Å². The van der Waals surface area contributed by atoms with E-state index >= 15 is 0 Å². The van der Waals surface area contributed by atoms with Crippen molar-refractivity contribution >= 4 is 39.2 Å². The molecule has 7 nitrogen and oxygen atoms in total. The molecule has 0 unspecified atom stereocenters. The van der Waals surface area contributed by atoms with Gasteiger partial charge in [-0.15, -0.1) is 13.9 Å². The number of carbonyl (C=O) groups excluding carboxylic acids is 1. The molecule has 0 atom stereocenters. The van der Waals surface area contributed by atoms with E-state index in [1.54, 1.807) is 19.1 Å². The van der Waals surface area contributed by atoms with Crippen molar-refractivity contribution in [3.05, 3.63) is 45.5 Å². The van der Waals surface area contributed by atoms with E-state index in [1.165, 1.54) is 18.3 Å². The van der Waals surface area contributed by atoms with Gasteiger partial charge < -0.3 is 14.8 Å². The molecule has 0 aliphatic carbocycles. The van der Waals surface area contributed by atoms with Crippen LogP contribution >= 0.6 is 27.5 Å². The summed E-state index contributed by atoms with van der Waals surface area (Å²) in [4.78, 5) is 16.8. The van der Waals surface area contributed by atoms with Crippen molar-refractivity contribution in [2.45, 2.75) is 13.2 Å². The van der Waals surface area contributed by atoms with Crippen LogP contribution in [0.25, 0.3) is 11.1 Å². The Morgan fingerprint density at radius 2 is 2.00 bits per heavy atom. The van der Waals surface area contributed by atoms with Crippen LogP contribution in [-0.4, -0.2) is 26.8 Å². The van der Waals surface area contributed by atoms with E-state index < -0.39 is 6.29 Å². The normalized spacial score (nSPS) is 14.2. The van der Waals surface area contributed by atoms with Gasteiger partial charge in [-0.25, -0.2) is 4.98 Å². The third-order valence-electron chi connectivity index (χ3n) is 3.66. The van der Waals surface area contributed by atoms with Crippen molar-refractivity contribution in [3.63, 3.8) is 0 Å². The number of alkyl halides is 2. The topological polar surface area (TPSA) is 86.2 Å². The monoisotopic (exact) mass is 454 g/mol. The van der Waals surface area contributed by atoms with Crippen LogP contribution in [0.4, 0.5) is 14.6 Å². The van der Waals surface area contributed by atoms with E-state index in [9.17, 15) is 13.6 Å². The van der Waals surface area contributed by atoms with Gasteiger partial charge in [-0.3, -0.25) is 4.79 Å². The summed E-state index contributed by atoms with van der Waals surface area (Å²) in [6.45, 7) is 1.69. The number of carbonyl (C=O) groups is 1. The van der Waals surface area contributed by atoms with Crippen molar-refractivity contribution in [2.75, 3.05) is 5.32 Å². The molecule has 0 fully saturated rings. The number of amides is 1. The van der Waals surface area contributed by atoms with Crippen molar-refractivity contribution in [2.24, 2.45) is 0 Å². The molecule has 0 saturated heterocycles. The zero-order chi connectivity index (χ0) is 19.2. The number of nitrogens with zero attached hydrogens (tertiary/aromatic N) is 3. The first kappa shape index (κ1) is 17.7. The first-order chi connectivity index (χ1) is 12.8. The minimum absolute atomic E-state index is 0.0546. The van der Waals surface area contributed by atoms with Crippen LogP contribution in [-0.2, 0) is 0 Å². The maximum atomic E-state index is 13.2. The maximum Gasteiger partial charge on any atom is 0.586 e. The number of pyridine rings is 1. The number of aryl methyl sites for hydroxylation is 1. The van der Waals surface area contributed by atoms with Gasteiger partial charge in [-0.1, -0.05) is 20.4 Å². The molecule has 0 saturated carbocycles. The van der Waals surface area contributed by atoms with Crippen LogP contribution < -0.4 is 14.8 Å². The molecular weight excluding hydrogens is 446 g/mol. The van der Waals surface area contributed by atoms with Crippen LogP contribution in [0.2, 0.25) is 0 Å². The first-order valence-electron chi connectivity index (χ1n) is 7.48. The quantitative estimate of drug-likeness (QED) is 0.636. The summed E-state index contributed by atoms with van der Waals surface area (Å²) in [5, 5.41) is 6.44. The number of fused-ring (bicyclic) bond motifs is 1. The largest absolute Gasteiger partial charge is 0.586 e. The Morgan fingerprint density at radius 3 is 2.63 bits per heavy atom. The molecule has 1 aliphatic rings. The number of anilines is 1. The zero-order valence-electron chi connectivity index (χ0n) is 13.5. The third-order valence-corrected chi connectivity index (χ3v) is 5.15. The van der Waals surface area contributed by atoms with Crippen LogP contribution in [0.15, 0.2) is 34.9 Å². The van der Waals surface area contributed by atoms with Crippen LogP contribution in [0.5, 0.6) is 11.5 Å². The van der Waals surface area contributed by atoms with E-state index in [1.807, 2.05) is 0 Å². The number of rotatable bonds is 3. The molecule has 1 aromatic carbocycles. The number of hydrogen-bond donors (Lipinski definition) is 1. The second-order valence-electron chi connectivity index (χ2n) is 5.52. The van der Waals surface area contributed by atoms with E-state index in [0.29, 0.717) is 32.0 Å². The van der Waals surface area contributed by atoms with Crippen LogP contribution in [0.1, 0.15) is 15.4 Å². The lowest BCUT2D eigenvalue weighted by Crippen LogP contribution is -2.25.